The van der Waals surface area contributed by atoms with Crippen molar-refractivity contribution in [2.75, 3.05) is 12.9 Å². The number of carbonyl (C=O) groups is 2. The highest BCUT2D eigenvalue weighted by Gasteiger charge is 2.43. The van der Waals surface area contributed by atoms with Crippen LogP contribution in [0.3, 0.4) is 0 Å². The third-order valence-electron chi connectivity index (χ3n) is 5.01. The number of nitrogens with zero attached hydrogens (tertiary/aromatic N) is 2. The predicted molar refractivity (Wildman–Crippen MR) is 115 cm³/mol. The Labute approximate surface area is 178 Å². The van der Waals surface area contributed by atoms with E-state index in [2.05, 4.69) is 4.98 Å². The van der Waals surface area contributed by atoms with Crippen molar-refractivity contribution in [3.63, 3.8) is 0 Å². The molecule has 0 bridgehead atoms. The lowest BCUT2D eigenvalue weighted by atomic mass is 10.0. The van der Waals surface area contributed by atoms with Crippen molar-refractivity contribution in [3.05, 3.63) is 84.2 Å². The number of hydrogen-bond acceptors (Lipinski definition) is 5. The molecule has 0 spiro atoms. The van der Waals surface area contributed by atoms with Crippen LogP contribution in [-0.2, 0) is 4.79 Å². The van der Waals surface area contributed by atoms with Gasteiger partial charge in [-0.05, 0) is 35.9 Å². The maximum absolute atomic E-state index is 13.3. The number of carbonyl (C=O) groups excluding carboxylic acids is 1. The molecule has 0 aliphatic carbocycles. The number of para-hydroxylation sites is 1. The molecule has 1 fully saturated rings. The molecule has 6 nitrogen and oxygen atoms in total. The summed E-state index contributed by atoms with van der Waals surface area (Å²) in [5.41, 5.74) is 2.94. The lowest BCUT2D eigenvalue weighted by Gasteiger charge is -2.27. The summed E-state index contributed by atoms with van der Waals surface area (Å²) in [7, 11) is 1.62. The molecule has 1 N–H and O–H groups in total. The first kappa shape index (κ1) is 20.0. The molecule has 2 aromatic carbocycles. The van der Waals surface area contributed by atoms with Gasteiger partial charge in [0.2, 0.25) is 0 Å². The second kappa shape index (κ2) is 8.59. The van der Waals surface area contributed by atoms with E-state index < -0.39 is 17.4 Å². The van der Waals surface area contributed by atoms with Gasteiger partial charge in [0.1, 0.15) is 17.2 Å². The number of aromatic nitrogens is 1. The lowest BCUT2D eigenvalue weighted by Crippen LogP contribution is -2.43. The number of pyridine rings is 1. The highest BCUT2D eigenvalue weighted by atomic mass is 32.2. The zero-order valence-electron chi connectivity index (χ0n) is 16.3. The van der Waals surface area contributed by atoms with Crippen molar-refractivity contribution in [3.8, 4) is 16.9 Å². The molecule has 1 aliphatic rings. The van der Waals surface area contributed by atoms with E-state index in [4.69, 9.17) is 4.74 Å². The molecule has 1 aromatic heterocycles. The molecule has 1 aliphatic heterocycles. The maximum atomic E-state index is 13.3. The number of ether oxygens (including phenoxy) is 1. The molecule has 30 heavy (non-hydrogen) atoms. The van der Waals surface area contributed by atoms with Gasteiger partial charge in [-0.3, -0.25) is 9.78 Å². The zero-order valence-corrected chi connectivity index (χ0v) is 17.1. The van der Waals surface area contributed by atoms with Crippen molar-refractivity contribution in [2.45, 2.75) is 11.4 Å². The summed E-state index contributed by atoms with van der Waals surface area (Å²) in [4.78, 5) is 30.9. The first-order valence-electron chi connectivity index (χ1n) is 9.41. The van der Waals surface area contributed by atoms with Gasteiger partial charge < -0.3 is 14.7 Å². The summed E-state index contributed by atoms with van der Waals surface area (Å²) in [6, 6.07) is 19.3. The molecule has 3 aromatic rings. The van der Waals surface area contributed by atoms with Crippen LogP contribution in [-0.4, -0.2) is 45.8 Å². The first-order valence-corrected chi connectivity index (χ1v) is 10.5. The van der Waals surface area contributed by atoms with Gasteiger partial charge >= 0.3 is 5.97 Å². The SMILES string of the molecule is COc1ccccc1-c1ccc(C(=O)N2[C@@H](c3ccccn3)SC[C@H]2C(=O)O)cc1. The van der Waals surface area contributed by atoms with Crippen molar-refractivity contribution in [1.82, 2.24) is 9.88 Å². The second-order valence-corrected chi connectivity index (χ2v) is 7.90. The standard InChI is InChI=1S/C23H20N2O4S/c1-29-20-8-3-2-6-17(20)15-9-11-16(12-10-15)21(26)25-19(23(27)28)14-30-22(25)18-7-4-5-13-24-18/h2-13,19,22H,14H2,1H3,(H,27,28)/t19-,22+/m0/s1. The Morgan fingerprint density at radius 2 is 1.80 bits per heavy atom. The van der Waals surface area contributed by atoms with Crippen LogP contribution >= 0.6 is 11.8 Å². The Hall–Kier alpha value is -3.32. The highest BCUT2D eigenvalue weighted by Crippen LogP contribution is 2.41. The minimum absolute atomic E-state index is 0.321. The fraction of sp³-hybridized carbons (Fsp3) is 0.174. The summed E-state index contributed by atoms with van der Waals surface area (Å²) in [6.45, 7) is 0. The highest BCUT2D eigenvalue weighted by molar-refractivity contribution is 7.99. The largest absolute Gasteiger partial charge is 0.496 e. The Balaban J connectivity index is 1.65. The van der Waals surface area contributed by atoms with E-state index in [0.29, 0.717) is 17.0 Å². The Morgan fingerprint density at radius 1 is 1.07 bits per heavy atom. The molecule has 0 radical (unpaired) electrons. The molecule has 1 amide bonds. The molecule has 4 rings (SSSR count). The van der Waals surface area contributed by atoms with Crippen LogP contribution in [0.5, 0.6) is 5.75 Å². The van der Waals surface area contributed by atoms with Gasteiger partial charge in [0, 0.05) is 23.1 Å². The van der Waals surface area contributed by atoms with Crippen LogP contribution < -0.4 is 4.74 Å². The predicted octanol–water partition coefficient (Wildman–Crippen LogP) is 4.10. The molecule has 152 valence electrons. The van der Waals surface area contributed by atoms with E-state index in [1.807, 2.05) is 48.5 Å². The van der Waals surface area contributed by atoms with Crippen molar-refractivity contribution in [2.24, 2.45) is 0 Å². The molecule has 2 atom stereocenters. The van der Waals surface area contributed by atoms with E-state index in [0.717, 1.165) is 16.9 Å². The first-order chi connectivity index (χ1) is 14.6. The van der Waals surface area contributed by atoms with Crippen LogP contribution in [0.25, 0.3) is 11.1 Å². The fourth-order valence-electron chi connectivity index (χ4n) is 3.52. The van der Waals surface area contributed by atoms with Crippen LogP contribution in [0.4, 0.5) is 0 Å². The number of rotatable bonds is 5. The zero-order chi connectivity index (χ0) is 21.1. The van der Waals surface area contributed by atoms with Crippen molar-refractivity contribution >= 4 is 23.6 Å². The number of thioether (sulfide) groups is 1. The number of benzene rings is 2. The van der Waals surface area contributed by atoms with E-state index in [1.54, 1.807) is 31.5 Å². The summed E-state index contributed by atoms with van der Waals surface area (Å²) in [6.07, 6.45) is 1.65. The third-order valence-corrected chi connectivity index (χ3v) is 6.30. The number of hydrogen-bond donors (Lipinski definition) is 1. The molecule has 2 heterocycles. The van der Waals surface area contributed by atoms with Gasteiger partial charge in [-0.2, -0.15) is 0 Å². The van der Waals surface area contributed by atoms with E-state index in [9.17, 15) is 14.7 Å². The van der Waals surface area contributed by atoms with Crippen LogP contribution in [0.1, 0.15) is 21.4 Å². The molecule has 1 saturated heterocycles. The molecule has 0 saturated carbocycles. The minimum atomic E-state index is -1.01. The van der Waals surface area contributed by atoms with Crippen molar-refractivity contribution < 1.29 is 19.4 Å². The van der Waals surface area contributed by atoms with Gasteiger partial charge in [-0.15, -0.1) is 11.8 Å². The third kappa shape index (κ3) is 3.76. The van der Waals surface area contributed by atoms with Gasteiger partial charge in [-0.1, -0.05) is 36.4 Å². The molecular formula is C23H20N2O4S. The topological polar surface area (TPSA) is 79.7 Å². The summed E-state index contributed by atoms with van der Waals surface area (Å²) in [5.74, 6) is -0.273. The van der Waals surface area contributed by atoms with Gasteiger partial charge in [0.25, 0.3) is 5.91 Å². The summed E-state index contributed by atoms with van der Waals surface area (Å²) >= 11 is 1.41. The van der Waals surface area contributed by atoms with Gasteiger partial charge in [0.05, 0.1) is 12.8 Å². The van der Waals surface area contributed by atoms with Crippen LogP contribution in [0, 0.1) is 0 Å². The quantitative estimate of drug-likeness (QED) is 0.670. The average molecular weight is 420 g/mol. The molecule has 7 heteroatoms. The fourth-order valence-corrected chi connectivity index (χ4v) is 4.90. The summed E-state index contributed by atoms with van der Waals surface area (Å²) in [5, 5.41) is 9.22. The number of carboxylic acids is 1. The Kier molecular flexibility index (Phi) is 5.72. The van der Waals surface area contributed by atoms with E-state index in [1.165, 1.54) is 16.7 Å². The lowest BCUT2D eigenvalue weighted by molar-refractivity contribution is -0.141. The van der Waals surface area contributed by atoms with Crippen LogP contribution in [0.15, 0.2) is 72.9 Å². The van der Waals surface area contributed by atoms with E-state index in [-0.39, 0.29) is 5.91 Å². The minimum Gasteiger partial charge on any atom is -0.496 e. The van der Waals surface area contributed by atoms with Gasteiger partial charge in [0.15, 0.2) is 0 Å². The maximum Gasteiger partial charge on any atom is 0.327 e. The van der Waals surface area contributed by atoms with Crippen LogP contribution in [0.2, 0.25) is 0 Å². The Morgan fingerprint density at radius 3 is 2.47 bits per heavy atom. The number of amides is 1. The number of aliphatic carboxylic acids is 1. The van der Waals surface area contributed by atoms with E-state index >= 15 is 0 Å². The van der Waals surface area contributed by atoms with Crippen molar-refractivity contribution in [1.29, 1.82) is 0 Å². The number of carboxylic acid groups (broad SMARTS) is 1. The Bertz CT molecular complexity index is 1060. The molecular weight excluding hydrogens is 400 g/mol. The molecule has 0 unspecified atom stereocenters. The normalized spacial score (nSPS) is 18.2. The monoisotopic (exact) mass is 420 g/mol. The van der Waals surface area contributed by atoms with Gasteiger partial charge in [-0.25, -0.2) is 4.79 Å². The number of methoxy groups -OCH3 is 1. The smallest absolute Gasteiger partial charge is 0.327 e. The second-order valence-electron chi connectivity index (χ2n) is 6.78. The summed E-state index contributed by atoms with van der Waals surface area (Å²) < 4.78 is 5.41. The average Bonchev–Trinajstić information content (AvgIpc) is 3.25.